The molecule has 11 nitrogen and oxygen atoms in total. The van der Waals surface area contributed by atoms with E-state index in [-0.39, 0.29) is 30.6 Å². The van der Waals surface area contributed by atoms with Crippen LogP contribution in [0.25, 0.3) is 0 Å². The normalized spacial score (nSPS) is 42.1. The smallest absolute Gasteiger partial charge is 0.338 e. The molecule has 4 N–H and O–H groups in total. The number of aliphatic hydroxyl groups is 4. The Kier molecular flexibility index (Phi) is 7.38. The van der Waals surface area contributed by atoms with Crippen LogP contribution in [0.3, 0.4) is 0 Å². The van der Waals surface area contributed by atoms with Crippen molar-refractivity contribution in [1.82, 2.24) is 0 Å². The first-order chi connectivity index (χ1) is 19.5. The molecule has 1 aromatic rings. The summed E-state index contributed by atoms with van der Waals surface area (Å²) in [5.74, 6) is -3.40. The van der Waals surface area contributed by atoms with Gasteiger partial charge in [-0.3, -0.25) is 9.59 Å². The van der Waals surface area contributed by atoms with Crippen molar-refractivity contribution in [3.63, 3.8) is 0 Å². The molecule has 4 aliphatic rings. The van der Waals surface area contributed by atoms with E-state index in [0.29, 0.717) is 5.57 Å². The number of rotatable bonds is 4. The van der Waals surface area contributed by atoms with Crippen molar-refractivity contribution in [1.29, 1.82) is 0 Å². The third-order valence-corrected chi connectivity index (χ3v) is 10.4. The van der Waals surface area contributed by atoms with Gasteiger partial charge in [0.25, 0.3) is 0 Å². The van der Waals surface area contributed by atoms with Crippen LogP contribution < -0.4 is 0 Å². The molecule has 1 heterocycles. The van der Waals surface area contributed by atoms with E-state index < -0.39 is 82.5 Å². The summed E-state index contributed by atoms with van der Waals surface area (Å²) in [6.07, 6.45) is -8.36. The Morgan fingerprint density at radius 2 is 1.62 bits per heavy atom. The van der Waals surface area contributed by atoms with Crippen molar-refractivity contribution in [3.05, 3.63) is 47.0 Å². The summed E-state index contributed by atoms with van der Waals surface area (Å²) in [4.78, 5) is 38.7. The first-order valence-electron chi connectivity index (χ1n) is 14.2. The van der Waals surface area contributed by atoms with Gasteiger partial charge >= 0.3 is 17.9 Å². The Morgan fingerprint density at radius 3 is 2.17 bits per heavy atom. The number of carbonyl (C=O) groups is 3. The Bertz CT molecular complexity index is 1310. The fourth-order valence-corrected chi connectivity index (χ4v) is 8.24. The molecule has 2 bridgehead atoms. The zero-order chi connectivity index (χ0) is 31.0. The first-order valence-corrected chi connectivity index (χ1v) is 14.2. The maximum absolute atomic E-state index is 13.7. The molecule has 0 unspecified atom stereocenters. The Balaban J connectivity index is 1.83. The lowest BCUT2D eigenvalue weighted by Crippen LogP contribution is -2.82. The molecule has 1 aromatic carbocycles. The van der Waals surface area contributed by atoms with Crippen molar-refractivity contribution in [2.45, 2.75) is 102 Å². The second-order valence-electron chi connectivity index (χ2n) is 13.0. The molecule has 42 heavy (non-hydrogen) atoms. The van der Waals surface area contributed by atoms with Gasteiger partial charge in [-0.05, 0) is 30.2 Å². The quantitative estimate of drug-likeness (QED) is 0.228. The van der Waals surface area contributed by atoms with Crippen LogP contribution >= 0.6 is 0 Å². The monoisotopic (exact) mass is 588 g/mol. The molecule has 230 valence electrons. The van der Waals surface area contributed by atoms with E-state index in [4.69, 9.17) is 18.9 Å². The van der Waals surface area contributed by atoms with Gasteiger partial charge in [0, 0.05) is 37.5 Å². The highest BCUT2D eigenvalue weighted by atomic mass is 16.6. The summed E-state index contributed by atoms with van der Waals surface area (Å²) in [6.45, 7) is 8.76. The van der Waals surface area contributed by atoms with Crippen LogP contribution in [0, 0.1) is 16.7 Å². The van der Waals surface area contributed by atoms with Gasteiger partial charge < -0.3 is 39.4 Å². The average Bonchev–Trinajstić information content (AvgIpc) is 2.90. The maximum Gasteiger partial charge on any atom is 0.338 e. The number of esters is 3. The van der Waals surface area contributed by atoms with Crippen molar-refractivity contribution >= 4 is 17.9 Å². The second kappa shape index (κ2) is 10.1. The first kappa shape index (κ1) is 30.6. The molecule has 5 rings (SSSR count). The molecule has 0 radical (unpaired) electrons. The highest BCUT2D eigenvalue weighted by Crippen LogP contribution is 2.65. The van der Waals surface area contributed by atoms with Gasteiger partial charge in [-0.1, -0.05) is 39.0 Å². The van der Waals surface area contributed by atoms with Crippen LogP contribution in [0.4, 0.5) is 0 Å². The van der Waals surface area contributed by atoms with E-state index in [9.17, 15) is 34.8 Å². The van der Waals surface area contributed by atoms with E-state index in [0.717, 1.165) is 0 Å². The summed E-state index contributed by atoms with van der Waals surface area (Å²) in [7, 11) is 0. The van der Waals surface area contributed by atoms with E-state index in [1.807, 2.05) is 0 Å². The SMILES string of the molecule is CC(=O)O[C@H]1C[C@H]2OC[C@@]2(OC(C)=O)[C@H]2[C@@H](OC(=O)c3ccccc3)[C@]3(O)C[C@H](O)C(C)=C([C@@H](O)[C@H](O)[C@]12C)C3(C)C. The summed E-state index contributed by atoms with van der Waals surface area (Å²) in [6, 6.07) is 8.12. The highest BCUT2D eigenvalue weighted by molar-refractivity contribution is 5.89. The van der Waals surface area contributed by atoms with Gasteiger partial charge in [-0.2, -0.15) is 0 Å². The van der Waals surface area contributed by atoms with Crippen LogP contribution in [-0.2, 0) is 28.5 Å². The number of fused-ring (bicyclic) bond motifs is 5. The predicted molar refractivity (Wildman–Crippen MR) is 146 cm³/mol. The van der Waals surface area contributed by atoms with Crippen LogP contribution in [0.1, 0.15) is 64.7 Å². The van der Waals surface area contributed by atoms with Crippen LogP contribution in [-0.4, -0.2) is 92.8 Å². The van der Waals surface area contributed by atoms with Gasteiger partial charge in [0.2, 0.25) is 0 Å². The molecule has 1 saturated heterocycles. The zero-order valence-electron chi connectivity index (χ0n) is 24.7. The number of ether oxygens (including phenoxy) is 4. The summed E-state index contributed by atoms with van der Waals surface area (Å²) in [5.41, 5.74) is -5.89. The van der Waals surface area contributed by atoms with Gasteiger partial charge in [-0.25, -0.2) is 4.79 Å². The van der Waals surface area contributed by atoms with E-state index in [1.165, 1.54) is 13.8 Å². The molecule has 11 heteroatoms. The number of hydrogen-bond donors (Lipinski definition) is 4. The van der Waals surface area contributed by atoms with Gasteiger partial charge in [0.1, 0.15) is 30.0 Å². The minimum Gasteiger partial charge on any atom is -0.462 e. The topological polar surface area (TPSA) is 169 Å². The third-order valence-electron chi connectivity index (χ3n) is 10.4. The van der Waals surface area contributed by atoms with Gasteiger partial charge in [0.05, 0.1) is 30.3 Å². The number of benzene rings is 1. The Labute approximate surface area is 244 Å². The number of aliphatic hydroxyl groups excluding tert-OH is 3. The van der Waals surface area contributed by atoms with E-state index in [1.54, 1.807) is 58.0 Å². The summed E-state index contributed by atoms with van der Waals surface area (Å²) in [5, 5.41) is 48.0. The molecule has 3 aliphatic carbocycles. The van der Waals surface area contributed by atoms with Crippen LogP contribution in [0.5, 0.6) is 0 Å². The van der Waals surface area contributed by atoms with E-state index >= 15 is 0 Å². The third kappa shape index (κ3) is 4.16. The second-order valence-corrected chi connectivity index (χ2v) is 13.0. The van der Waals surface area contributed by atoms with Crippen LogP contribution in [0.2, 0.25) is 0 Å². The fraction of sp³-hybridized carbons (Fsp3) is 0.645. The van der Waals surface area contributed by atoms with Crippen molar-refractivity contribution in [2.75, 3.05) is 6.61 Å². The molecule has 0 amide bonds. The lowest BCUT2D eigenvalue weighted by molar-refractivity contribution is -0.365. The summed E-state index contributed by atoms with van der Waals surface area (Å²) < 4.78 is 23.8. The number of hydrogen-bond acceptors (Lipinski definition) is 11. The Morgan fingerprint density at radius 1 is 0.976 bits per heavy atom. The van der Waals surface area contributed by atoms with Crippen molar-refractivity contribution in [2.24, 2.45) is 16.7 Å². The maximum atomic E-state index is 13.7. The standard InChI is InChI=1S/C31H40O11/c1-15-19(34)13-31(38)26(41-27(37)18-10-8-7-9-11-18)24-29(6,25(36)23(35)22(15)28(31,4)5)20(40-16(2)32)12-21-30(24,14-39-21)42-17(3)33/h7-11,19-21,23-26,34-36,38H,12-14H2,1-6H3/t19-,20-,21+,23+,24-,25-,26+,29+,30-,31+/m0/s1. The number of carbonyl (C=O) groups excluding carboxylic acids is 3. The molecular weight excluding hydrogens is 548 g/mol. The lowest BCUT2D eigenvalue weighted by atomic mass is 9.44. The van der Waals surface area contributed by atoms with Crippen molar-refractivity contribution < 1.29 is 53.8 Å². The molecular formula is C31H40O11. The summed E-state index contributed by atoms with van der Waals surface area (Å²) >= 11 is 0. The minimum absolute atomic E-state index is 0.00542. The lowest BCUT2D eigenvalue weighted by Gasteiger charge is -2.69. The molecule has 2 saturated carbocycles. The Hall–Kier alpha value is -2.83. The highest BCUT2D eigenvalue weighted by Gasteiger charge is 2.78. The minimum atomic E-state index is -2.07. The van der Waals surface area contributed by atoms with Crippen molar-refractivity contribution in [3.8, 4) is 0 Å². The predicted octanol–water partition coefficient (Wildman–Crippen LogP) is 1.44. The molecule has 0 spiro atoms. The molecule has 0 aromatic heterocycles. The van der Waals surface area contributed by atoms with Crippen LogP contribution in [0.15, 0.2) is 41.5 Å². The fourth-order valence-electron chi connectivity index (χ4n) is 8.24. The van der Waals surface area contributed by atoms with Gasteiger partial charge in [0.15, 0.2) is 5.60 Å². The van der Waals surface area contributed by atoms with Gasteiger partial charge in [-0.15, -0.1) is 0 Å². The molecule has 1 aliphatic heterocycles. The largest absolute Gasteiger partial charge is 0.462 e. The molecule has 10 atom stereocenters. The average molecular weight is 589 g/mol. The van der Waals surface area contributed by atoms with E-state index in [2.05, 4.69) is 0 Å². The zero-order valence-corrected chi connectivity index (χ0v) is 24.7. The molecule has 3 fully saturated rings.